The zero-order valence-electron chi connectivity index (χ0n) is 14.6. The third kappa shape index (κ3) is 5.51. The van der Waals surface area contributed by atoms with Crippen LogP contribution in [0.4, 0.5) is 0 Å². The first-order chi connectivity index (χ1) is 9.85. The highest BCUT2D eigenvalue weighted by molar-refractivity contribution is 4.95. The first-order valence-electron chi connectivity index (χ1n) is 8.59. The molecular weight excluding hydrogens is 264 g/mol. The van der Waals surface area contributed by atoms with Crippen LogP contribution in [-0.4, -0.2) is 73.0 Å². The minimum Gasteiger partial charge on any atom is -0.377 e. The van der Waals surface area contributed by atoms with Crippen LogP contribution in [0.15, 0.2) is 0 Å². The lowest BCUT2D eigenvalue weighted by atomic mass is 10.2. The van der Waals surface area contributed by atoms with E-state index in [4.69, 9.17) is 9.47 Å². The van der Waals surface area contributed by atoms with Gasteiger partial charge in [0.05, 0.1) is 24.9 Å². The Kier molecular flexibility index (Phi) is 6.06. The summed E-state index contributed by atoms with van der Waals surface area (Å²) in [6.07, 6.45) is 3.05. The van der Waals surface area contributed by atoms with Gasteiger partial charge in [-0.2, -0.15) is 0 Å². The van der Waals surface area contributed by atoms with E-state index >= 15 is 0 Å². The third-order valence-corrected chi connectivity index (χ3v) is 4.45. The van der Waals surface area contributed by atoms with E-state index in [1.165, 1.54) is 25.9 Å². The zero-order valence-corrected chi connectivity index (χ0v) is 14.6. The molecule has 2 fully saturated rings. The Labute approximate surface area is 130 Å². The molecule has 2 saturated heterocycles. The van der Waals surface area contributed by atoms with Gasteiger partial charge < -0.3 is 9.47 Å². The molecule has 4 nitrogen and oxygen atoms in total. The zero-order chi connectivity index (χ0) is 15.5. The van der Waals surface area contributed by atoms with Crippen molar-refractivity contribution >= 4 is 0 Å². The van der Waals surface area contributed by atoms with Gasteiger partial charge in [-0.1, -0.05) is 0 Å². The Morgan fingerprint density at radius 2 is 1.62 bits per heavy atom. The van der Waals surface area contributed by atoms with E-state index in [0.717, 1.165) is 38.4 Å². The highest BCUT2D eigenvalue weighted by atomic mass is 16.5. The standard InChI is InChI=1S/C17H34N2O2/c1-14(2)20-10-9-19-15-6-7-16(19)13-18(12-15)8-11-21-17(3,4)5/h14-16H,6-13H2,1-5H3. The number of rotatable bonds is 7. The van der Waals surface area contributed by atoms with Gasteiger partial charge in [-0.25, -0.2) is 0 Å². The fourth-order valence-corrected chi connectivity index (χ4v) is 3.50. The molecule has 21 heavy (non-hydrogen) atoms. The molecule has 0 spiro atoms. The smallest absolute Gasteiger partial charge is 0.0600 e. The molecule has 0 aliphatic carbocycles. The number of ether oxygens (including phenoxy) is 2. The van der Waals surface area contributed by atoms with Crippen molar-refractivity contribution in [3.8, 4) is 0 Å². The normalized spacial score (nSPS) is 27.7. The van der Waals surface area contributed by atoms with Crippen molar-refractivity contribution in [1.29, 1.82) is 0 Å². The molecule has 0 saturated carbocycles. The summed E-state index contributed by atoms with van der Waals surface area (Å²) in [7, 11) is 0. The minimum atomic E-state index is -0.0189. The van der Waals surface area contributed by atoms with Crippen LogP contribution >= 0.6 is 0 Å². The van der Waals surface area contributed by atoms with Crippen molar-refractivity contribution < 1.29 is 9.47 Å². The fourth-order valence-electron chi connectivity index (χ4n) is 3.50. The van der Waals surface area contributed by atoms with Gasteiger partial charge in [-0.05, 0) is 47.5 Å². The van der Waals surface area contributed by atoms with Crippen LogP contribution in [0.25, 0.3) is 0 Å². The molecule has 2 aliphatic heterocycles. The molecule has 4 heteroatoms. The van der Waals surface area contributed by atoms with Gasteiger partial charge in [0.2, 0.25) is 0 Å². The highest BCUT2D eigenvalue weighted by Gasteiger charge is 2.39. The van der Waals surface area contributed by atoms with Gasteiger partial charge in [0, 0.05) is 38.3 Å². The van der Waals surface area contributed by atoms with Gasteiger partial charge in [0.15, 0.2) is 0 Å². The van der Waals surface area contributed by atoms with Crippen molar-refractivity contribution in [2.45, 2.75) is 71.2 Å². The summed E-state index contributed by atoms with van der Waals surface area (Å²) in [4.78, 5) is 5.28. The average molecular weight is 298 g/mol. The first kappa shape index (κ1) is 17.2. The Hall–Kier alpha value is -0.160. The van der Waals surface area contributed by atoms with Gasteiger partial charge in [0.25, 0.3) is 0 Å². The van der Waals surface area contributed by atoms with Crippen LogP contribution in [0, 0.1) is 0 Å². The van der Waals surface area contributed by atoms with Crippen LogP contribution in [0.2, 0.25) is 0 Å². The van der Waals surface area contributed by atoms with Crippen LogP contribution in [-0.2, 0) is 9.47 Å². The molecule has 0 N–H and O–H groups in total. The second-order valence-electron chi connectivity index (χ2n) is 7.76. The predicted octanol–water partition coefficient (Wildman–Crippen LogP) is 2.38. The molecule has 2 heterocycles. The molecule has 2 aliphatic rings. The summed E-state index contributed by atoms with van der Waals surface area (Å²) in [5, 5.41) is 0. The fraction of sp³-hybridized carbons (Fsp3) is 1.00. The molecule has 2 atom stereocenters. The van der Waals surface area contributed by atoms with Crippen LogP contribution < -0.4 is 0 Å². The Bertz CT molecular complexity index is 300. The van der Waals surface area contributed by atoms with Crippen molar-refractivity contribution in [2.24, 2.45) is 0 Å². The van der Waals surface area contributed by atoms with Crippen LogP contribution in [0.5, 0.6) is 0 Å². The van der Waals surface area contributed by atoms with Crippen molar-refractivity contribution in [3.05, 3.63) is 0 Å². The molecule has 124 valence electrons. The summed E-state index contributed by atoms with van der Waals surface area (Å²) in [5.41, 5.74) is -0.0189. The lowest BCUT2D eigenvalue weighted by Gasteiger charge is -2.41. The maximum Gasteiger partial charge on any atom is 0.0600 e. The van der Waals surface area contributed by atoms with Gasteiger partial charge >= 0.3 is 0 Å². The molecule has 0 amide bonds. The Morgan fingerprint density at radius 3 is 2.14 bits per heavy atom. The van der Waals surface area contributed by atoms with Crippen molar-refractivity contribution in [3.63, 3.8) is 0 Å². The molecule has 0 aromatic carbocycles. The summed E-state index contributed by atoms with van der Waals surface area (Å²) in [6, 6.07) is 1.46. The molecule has 2 unspecified atom stereocenters. The summed E-state index contributed by atoms with van der Waals surface area (Å²) < 4.78 is 11.6. The first-order valence-corrected chi connectivity index (χ1v) is 8.59. The van der Waals surface area contributed by atoms with Crippen LogP contribution in [0.3, 0.4) is 0 Å². The predicted molar refractivity (Wildman–Crippen MR) is 86.7 cm³/mol. The maximum atomic E-state index is 5.87. The second-order valence-corrected chi connectivity index (χ2v) is 7.76. The molecule has 0 aromatic rings. The lowest BCUT2D eigenvalue weighted by Crippen LogP contribution is -2.55. The second kappa shape index (κ2) is 7.40. The van der Waals surface area contributed by atoms with E-state index in [9.17, 15) is 0 Å². The van der Waals surface area contributed by atoms with Crippen LogP contribution in [0.1, 0.15) is 47.5 Å². The third-order valence-electron chi connectivity index (χ3n) is 4.45. The number of hydrogen-bond acceptors (Lipinski definition) is 4. The number of nitrogens with zero attached hydrogens (tertiary/aromatic N) is 2. The summed E-state index contributed by atoms with van der Waals surface area (Å²) in [5.74, 6) is 0. The lowest BCUT2D eigenvalue weighted by molar-refractivity contribution is -0.0284. The van der Waals surface area contributed by atoms with Crippen molar-refractivity contribution in [2.75, 3.05) is 39.4 Å². The van der Waals surface area contributed by atoms with E-state index in [0.29, 0.717) is 6.10 Å². The van der Waals surface area contributed by atoms with Gasteiger partial charge in [-0.15, -0.1) is 0 Å². The highest BCUT2D eigenvalue weighted by Crippen LogP contribution is 2.29. The van der Waals surface area contributed by atoms with E-state index in [1.807, 2.05) is 0 Å². The van der Waals surface area contributed by atoms with E-state index in [1.54, 1.807) is 0 Å². The summed E-state index contributed by atoms with van der Waals surface area (Å²) in [6.45, 7) is 16.9. The SMILES string of the molecule is CC(C)OCCN1C2CCC1CN(CCOC(C)(C)C)C2. The van der Waals surface area contributed by atoms with E-state index in [-0.39, 0.29) is 5.60 Å². The molecule has 2 rings (SSSR count). The quantitative estimate of drug-likeness (QED) is 0.720. The van der Waals surface area contributed by atoms with Gasteiger partial charge in [0.1, 0.15) is 0 Å². The summed E-state index contributed by atoms with van der Waals surface area (Å²) >= 11 is 0. The monoisotopic (exact) mass is 298 g/mol. The maximum absolute atomic E-state index is 5.87. The number of hydrogen-bond donors (Lipinski definition) is 0. The minimum absolute atomic E-state index is 0.0189. The molecule has 0 radical (unpaired) electrons. The average Bonchev–Trinajstić information content (AvgIpc) is 2.59. The Morgan fingerprint density at radius 1 is 1.00 bits per heavy atom. The number of fused-ring (bicyclic) bond motifs is 2. The van der Waals surface area contributed by atoms with E-state index < -0.39 is 0 Å². The molecule has 2 bridgehead atoms. The van der Waals surface area contributed by atoms with Gasteiger partial charge in [-0.3, -0.25) is 9.80 Å². The number of likely N-dealkylation sites (tertiary alicyclic amines) is 1. The Balaban J connectivity index is 1.71. The molecular formula is C17H34N2O2. The largest absolute Gasteiger partial charge is 0.377 e. The topological polar surface area (TPSA) is 24.9 Å². The van der Waals surface area contributed by atoms with E-state index in [2.05, 4.69) is 44.4 Å². The van der Waals surface area contributed by atoms with Crippen molar-refractivity contribution in [1.82, 2.24) is 9.80 Å². The number of piperazine rings is 1. The molecule has 0 aromatic heterocycles.